The highest BCUT2D eigenvalue weighted by Gasteiger charge is 2.07. The summed E-state index contributed by atoms with van der Waals surface area (Å²) in [5.41, 5.74) is 0. The first-order valence-electron chi connectivity index (χ1n) is 6.55. The van der Waals surface area contributed by atoms with E-state index in [0.29, 0.717) is 21.8 Å². The van der Waals surface area contributed by atoms with Gasteiger partial charge in [-0.2, -0.15) is 0 Å². The number of hydrogen-bond donors (Lipinski definition) is 0. The largest absolute Gasteiger partial charge is 0.493 e. The molecule has 0 bridgehead atoms. The Hall–Kier alpha value is -1.53. The van der Waals surface area contributed by atoms with Gasteiger partial charge < -0.3 is 9.47 Å². The van der Waals surface area contributed by atoms with Crippen molar-refractivity contribution in [2.45, 2.75) is 13.8 Å². The maximum Gasteiger partial charge on any atom is 0.126 e. The van der Waals surface area contributed by atoms with E-state index in [1.807, 2.05) is 50.2 Å². The van der Waals surface area contributed by atoms with Crippen LogP contribution in [0.1, 0.15) is 13.8 Å². The van der Waals surface area contributed by atoms with Crippen LogP contribution in [0.2, 0.25) is 0 Å². The second kappa shape index (κ2) is 7.16. The topological polar surface area (TPSA) is 18.5 Å². The minimum Gasteiger partial charge on any atom is -0.493 e. The first-order chi connectivity index (χ1) is 9.35. The van der Waals surface area contributed by atoms with E-state index in [1.165, 1.54) is 10.6 Å². The first kappa shape index (κ1) is 13.9. The molecule has 0 saturated carbocycles. The average molecular weight is 274 g/mol. The zero-order chi connectivity index (χ0) is 13.5. The van der Waals surface area contributed by atoms with Gasteiger partial charge in [0, 0.05) is 10.6 Å². The van der Waals surface area contributed by atoms with Gasteiger partial charge in [0.2, 0.25) is 0 Å². The Labute approximate surface area is 116 Å². The van der Waals surface area contributed by atoms with Crippen LogP contribution in [-0.2, 0) is 0 Å². The Morgan fingerprint density at radius 1 is 0.737 bits per heavy atom. The summed E-state index contributed by atoms with van der Waals surface area (Å²) in [4.78, 5) is 0. The zero-order valence-corrected chi connectivity index (χ0v) is 12.3. The Bertz CT molecular complexity index is 478. The first-order valence-corrected chi connectivity index (χ1v) is 7.55. The number of benzene rings is 2. The van der Waals surface area contributed by atoms with E-state index >= 15 is 0 Å². The number of rotatable bonds is 6. The molecule has 0 aromatic heterocycles. The van der Waals surface area contributed by atoms with Crippen LogP contribution in [0.25, 0.3) is 0 Å². The fourth-order valence-electron chi connectivity index (χ4n) is 1.85. The molecule has 0 atom stereocenters. The third-order valence-electron chi connectivity index (χ3n) is 2.64. The van der Waals surface area contributed by atoms with E-state index in [9.17, 15) is 0 Å². The molecule has 2 rings (SSSR count). The minimum atomic E-state index is 0.544. The quantitative estimate of drug-likeness (QED) is 0.754. The fourth-order valence-corrected chi connectivity index (χ4v) is 3.05. The van der Waals surface area contributed by atoms with Crippen LogP contribution in [0.4, 0.5) is 0 Å². The Morgan fingerprint density at radius 2 is 1.16 bits per heavy atom. The van der Waals surface area contributed by atoms with Gasteiger partial charge >= 0.3 is 0 Å². The van der Waals surface area contributed by atoms with Gasteiger partial charge in [-0.25, -0.2) is 0 Å². The third kappa shape index (κ3) is 3.71. The lowest BCUT2D eigenvalue weighted by Crippen LogP contribution is -2.10. The standard InChI is InChI=1S/C16H19O2P/c1-3-17-13-9-5-7-11-15(13)19-16-12-8-6-10-14(16)18-4-2/h5-12,19H,3-4H2,1-2H3. The third-order valence-corrected chi connectivity index (χ3v) is 4.01. The zero-order valence-electron chi connectivity index (χ0n) is 11.3. The molecule has 2 nitrogen and oxygen atoms in total. The minimum absolute atomic E-state index is 0.544. The molecule has 0 fully saturated rings. The summed E-state index contributed by atoms with van der Waals surface area (Å²) in [7, 11) is 0.544. The molecule has 0 amide bonds. The van der Waals surface area contributed by atoms with E-state index in [2.05, 4.69) is 12.1 Å². The second-order valence-corrected chi connectivity index (χ2v) is 5.31. The molecule has 0 aliphatic heterocycles. The number of hydrogen-bond acceptors (Lipinski definition) is 2. The van der Waals surface area contributed by atoms with Crippen molar-refractivity contribution < 1.29 is 9.47 Å². The van der Waals surface area contributed by atoms with Gasteiger partial charge in [-0.15, -0.1) is 0 Å². The summed E-state index contributed by atoms with van der Waals surface area (Å²) in [6, 6.07) is 16.4. The SMILES string of the molecule is CCOc1ccccc1Pc1ccccc1OCC. The van der Waals surface area contributed by atoms with Crippen LogP contribution in [0, 0.1) is 0 Å². The molecule has 0 N–H and O–H groups in total. The predicted octanol–water partition coefficient (Wildman–Crippen LogP) is 3.11. The molecule has 0 saturated heterocycles. The molecule has 19 heavy (non-hydrogen) atoms. The van der Waals surface area contributed by atoms with Gasteiger partial charge in [0.1, 0.15) is 11.5 Å². The summed E-state index contributed by atoms with van der Waals surface area (Å²) < 4.78 is 11.4. The van der Waals surface area contributed by atoms with Crippen molar-refractivity contribution in [1.82, 2.24) is 0 Å². The molecule has 0 aliphatic carbocycles. The monoisotopic (exact) mass is 274 g/mol. The smallest absolute Gasteiger partial charge is 0.126 e. The van der Waals surface area contributed by atoms with Gasteiger partial charge in [-0.3, -0.25) is 0 Å². The van der Waals surface area contributed by atoms with Gasteiger partial charge in [-0.1, -0.05) is 45.0 Å². The highest BCUT2D eigenvalue weighted by atomic mass is 31.1. The van der Waals surface area contributed by atoms with E-state index in [-0.39, 0.29) is 0 Å². The van der Waals surface area contributed by atoms with Gasteiger partial charge in [0.25, 0.3) is 0 Å². The molecule has 100 valence electrons. The fraction of sp³-hybridized carbons (Fsp3) is 0.250. The summed E-state index contributed by atoms with van der Waals surface area (Å²) >= 11 is 0. The molecule has 0 radical (unpaired) electrons. The second-order valence-electron chi connectivity index (χ2n) is 3.98. The Morgan fingerprint density at radius 3 is 1.58 bits per heavy atom. The van der Waals surface area contributed by atoms with Crippen LogP contribution in [0.15, 0.2) is 48.5 Å². The van der Waals surface area contributed by atoms with E-state index in [0.717, 1.165) is 11.5 Å². The predicted molar refractivity (Wildman–Crippen MR) is 82.8 cm³/mol. The van der Waals surface area contributed by atoms with Crippen LogP contribution in [-0.4, -0.2) is 13.2 Å². The van der Waals surface area contributed by atoms with Gasteiger partial charge in [-0.05, 0) is 26.0 Å². The van der Waals surface area contributed by atoms with E-state index < -0.39 is 0 Å². The summed E-state index contributed by atoms with van der Waals surface area (Å²) in [5.74, 6) is 1.93. The van der Waals surface area contributed by atoms with Crippen molar-refractivity contribution >= 4 is 19.2 Å². The summed E-state index contributed by atoms with van der Waals surface area (Å²) in [5, 5.41) is 2.44. The van der Waals surface area contributed by atoms with Crippen LogP contribution < -0.4 is 20.1 Å². The number of para-hydroxylation sites is 2. The maximum absolute atomic E-state index is 5.68. The summed E-state index contributed by atoms with van der Waals surface area (Å²) in [6.07, 6.45) is 0. The molecule has 0 spiro atoms. The Kier molecular flexibility index (Phi) is 5.23. The van der Waals surface area contributed by atoms with E-state index in [4.69, 9.17) is 9.47 Å². The van der Waals surface area contributed by atoms with Crippen molar-refractivity contribution in [3.8, 4) is 11.5 Å². The number of ether oxygens (including phenoxy) is 2. The molecule has 0 aliphatic rings. The summed E-state index contributed by atoms with van der Waals surface area (Å²) in [6.45, 7) is 5.39. The van der Waals surface area contributed by atoms with Gasteiger partial charge in [0.15, 0.2) is 0 Å². The molecule has 2 aromatic carbocycles. The molecular formula is C16H19O2P. The lowest BCUT2D eigenvalue weighted by molar-refractivity contribution is 0.342. The molecule has 3 heteroatoms. The van der Waals surface area contributed by atoms with Crippen molar-refractivity contribution in [2.24, 2.45) is 0 Å². The van der Waals surface area contributed by atoms with Crippen molar-refractivity contribution in [2.75, 3.05) is 13.2 Å². The molecule has 0 heterocycles. The van der Waals surface area contributed by atoms with Crippen molar-refractivity contribution in [3.05, 3.63) is 48.5 Å². The Balaban J connectivity index is 2.25. The van der Waals surface area contributed by atoms with Crippen molar-refractivity contribution in [1.29, 1.82) is 0 Å². The highest BCUT2D eigenvalue weighted by Crippen LogP contribution is 2.23. The highest BCUT2D eigenvalue weighted by molar-refractivity contribution is 7.56. The molecular weight excluding hydrogens is 255 g/mol. The van der Waals surface area contributed by atoms with E-state index in [1.54, 1.807) is 0 Å². The van der Waals surface area contributed by atoms with Crippen LogP contribution in [0.3, 0.4) is 0 Å². The molecule has 0 unspecified atom stereocenters. The normalized spacial score (nSPS) is 10.2. The molecule has 2 aromatic rings. The maximum atomic E-state index is 5.68. The van der Waals surface area contributed by atoms with Crippen LogP contribution in [0.5, 0.6) is 11.5 Å². The average Bonchev–Trinajstić information content (AvgIpc) is 2.44. The lowest BCUT2D eigenvalue weighted by atomic mass is 10.3. The van der Waals surface area contributed by atoms with Crippen molar-refractivity contribution in [3.63, 3.8) is 0 Å². The lowest BCUT2D eigenvalue weighted by Gasteiger charge is -2.13. The van der Waals surface area contributed by atoms with Crippen LogP contribution >= 0.6 is 8.58 Å². The van der Waals surface area contributed by atoms with Gasteiger partial charge in [0.05, 0.1) is 13.2 Å².